The SMILES string of the molecule is C[CH]Oc1cccc(O)c1. The molecule has 0 aliphatic heterocycles. The van der Waals surface area contributed by atoms with Gasteiger partial charge in [-0.2, -0.15) is 0 Å². The maximum Gasteiger partial charge on any atom is 0.132 e. The second-order valence-electron chi connectivity index (χ2n) is 1.85. The normalized spacial score (nSPS) is 9.30. The van der Waals surface area contributed by atoms with E-state index in [2.05, 4.69) is 0 Å². The molecule has 0 unspecified atom stereocenters. The van der Waals surface area contributed by atoms with Crippen LogP contribution in [0.2, 0.25) is 0 Å². The van der Waals surface area contributed by atoms with Crippen molar-refractivity contribution in [2.45, 2.75) is 6.92 Å². The van der Waals surface area contributed by atoms with Crippen molar-refractivity contribution in [2.75, 3.05) is 0 Å². The van der Waals surface area contributed by atoms with E-state index >= 15 is 0 Å². The van der Waals surface area contributed by atoms with Gasteiger partial charge >= 0.3 is 0 Å². The van der Waals surface area contributed by atoms with E-state index in [4.69, 9.17) is 9.84 Å². The monoisotopic (exact) mass is 137 g/mol. The summed E-state index contributed by atoms with van der Waals surface area (Å²) in [4.78, 5) is 0. The molecule has 0 aromatic heterocycles. The smallest absolute Gasteiger partial charge is 0.132 e. The van der Waals surface area contributed by atoms with Crippen LogP contribution in [0.25, 0.3) is 0 Å². The molecule has 0 aliphatic carbocycles. The van der Waals surface area contributed by atoms with E-state index in [0.29, 0.717) is 5.75 Å². The first-order chi connectivity index (χ1) is 4.83. The van der Waals surface area contributed by atoms with Crippen LogP contribution in [0.4, 0.5) is 0 Å². The first-order valence-corrected chi connectivity index (χ1v) is 3.06. The Kier molecular flexibility index (Phi) is 2.15. The Morgan fingerprint density at radius 1 is 1.50 bits per heavy atom. The molecule has 1 N–H and O–H groups in total. The molecule has 0 amide bonds. The van der Waals surface area contributed by atoms with Crippen LogP contribution < -0.4 is 4.74 Å². The predicted molar refractivity (Wildman–Crippen MR) is 38.7 cm³/mol. The van der Waals surface area contributed by atoms with Crippen molar-refractivity contribution in [3.8, 4) is 11.5 Å². The fraction of sp³-hybridized carbons (Fsp3) is 0.125. The highest BCUT2D eigenvalue weighted by molar-refractivity contribution is 5.31. The standard InChI is InChI=1S/C8H9O2/c1-2-10-8-5-3-4-7(9)6-8/h2-6,9H,1H3. The molecule has 0 heterocycles. The van der Waals surface area contributed by atoms with Gasteiger partial charge in [-0.05, 0) is 19.1 Å². The lowest BCUT2D eigenvalue weighted by Gasteiger charge is -2.00. The van der Waals surface area contributed by atoms with E-state index in [0.717, 1.165) is 0 Å². The fourth-order valence-corrected chi connectivity index (χ4v) is 0.693. The Hall–Kier alpha value is -1.18. The van der Waals surface area contributed by atoms with Crippen molar-refractivity contribution in [1.29, 1.82) is 0 Å². The molecule has 1 rings (SSSR count). The van der Waals surface area contributed by atoms with Crippen molar-refractivity contribution in [3.05, 3.63) is 30.9 Å². The molecule has 0 atom stereocenters. The Balaban J connectivity index is 2.75. The topological polar surface area (TPSA) is 29.5 Å². The van der Waals surface area contributed by atoms with Crippen LogP contribution in [0.15, 0.2) is 24.3 Å². The minimum atomic E-state index is 0.222. The third-order valence-corrected chi connectivity index (χ3v) is 1.07. The van der Waals surface area contributed by atoms with Gasteiger partial charge in [-0.25, -0.2) is 0 Å². The van der Waals surface area contributed by atoms with Crippen molar-refractivity contribution in [2.24, 2.45) is 0 Å². The molecule has 0 bridgehead atoms. The van der Waals surface area contributed by atoms with Gasteiger partial charge in [-0.3, -0.25) is 0 Å². The minimum absolute atomic E-state index is 0.222. The minimum Gasteiger partial charge on any atom is -0.508 e. The first-order valence-electron chi connectivity index (χ1n) is 3.06. The first kappa shape index (κ1) is 6.93. The number of phenolic OH excluding ortho intramolecular Hbond substituents is 1. The number of hydrogen-bond acceptors (Lipinski definition) is 2. The zero-order chi connectivity index (χ0) is 7.40. The van der Waals surface area contributed by atoms with Crippen molar-refractivity contribution < 1.29 is 9.84 Å². The molecule has 1 aromatic rings. The number of benzene rings is 1. The maximum absolute atomic E-state index is 8.95. The van der Waals surface area contributed by atoms with Gasteiger partial charge in [0.05, 0.1) is 0 Å². The van der Waals surface area contributed by atoms with E-state index in [1.54, 1.807) is 37.8 Å². The van der Waals surface area contributed by atoms with Gasteiger partial charge in [-0.1, -0.05) is 6.07 Å². The second-order valence-corrected chi connectivity index (χ2v) is 1.85. The molecule has 1 radical (unpaired) electrons. The molecular weight excluding hydrogens is 128 g/mol. The van der Waals surface area contributed by atoms with Crippen LogP contribution >= 0.6 is 0 Å². The lowest BCUT2D eigenvalue weighted by molar-refractivity contribution is 0.409. The van der Waals surface area contributed by atoms with E-state index in [-0.39, 0.29) is 5.75 Å². The lowest BCUT2D eigenvalue weighted by atomic mass is 10.3. The highest BCUT2D eigenvalue weighted by atomic mass is 16.5. The van der Waals surface area contributed by atoms with Crippen LogP contribution in [0, 0.1) is 6.61 Å². The Morgan fingerprint density at radius 3 is 2.90 bits per heavy atom. The van der Waals surface area contributed by atoms with E-state index in [1.165, 1.54) is 0 Å². The van der Waals surface area contributed by atoms with Crippen LogP contribution in [0.3, 0.4) is 0 Å². The second kappa shape index (κ2) is 3.11. The Morgan fingerprint density at radius 2 is 2.30 bits per heavy atom. The van der Waals surface area contributed by atoms with Crippen molar-refractivity contribution in [3.63, 3.8) is 0 Å². The molecule has 1 aromatic carbocycles. The maximum atomic E-state index is 8.95. The number of ether oxygens (including phenoxy) is 1. The predicted octanol–water partition coefficient (Wildman–Crippen LogP) is 1.95. The highest BCUT2D eigenvalue weighted by Crippen LogP contribution is 2.17. The summed E-state index contributed by atoms with van der Waals surface area (Å²) in [5, 5.41) is 8.95. The summed E-state index contributed by atoms with van der Waals surface area (Å²) in [7, 11) is 0. The summed E-state index contributed by atoms with van der Waals surface area (Å²) in [5.41, 5.74) is 0. The largest absolute Gasteiger partial charge is 0.508 e. The summed E-state index contributed by atoms with van der Waals surface area (Å²) in [6, 6.07) is 6.66. The van der Waals surface area contributed by atoms with E-state index in [1.807, 2.05) is 0 Å². The molecule has 10 heavy (non-hydrogen) atoms. The number of aromatic hydroxyl groups is 1. The number of phenols is 1. The average Bonchev–Trinajstić information content (AvgIpc) is 1.88. The van der Waals surface area contributed by atoms with Gasteiger partial charge in [0, 0.05) is 6.07 Å². The van der Waals surface area contributed by atoms with E-state index in [9.17, 15) is 0 Å². The number of rotatable bonds is 2. The zero-order valence-electron chi connectivity index (χ0n) is 5.74. The summed E-state index contributed by atoms with van der Waals surface area (Å²) in [5.74, 6) is 0.877. The highest BCUT2D eigenvalue weighted by Gasteiger charge is 1.91. The molecule has 0 saturated heterocycles. The van der Waals surface area contributed by atoms with Gasteiger partial charge in [0.1, 0.15) is 18.1 Å². The fourth-order valence-electron chi connectivity index (χ4n) is 0.693. The Bertz CT molecular complexity index is 208. The molecule has 0 fully saturated rings. The zero-order valence-corrected chi connectivity index (χ0v) is 5.74. The van der Waals surface area contributed by atoms with E-state index < -0.39 is 0 Å². The van der Waals surface area contributed by atoms with Gasteiger partial charge in [0.2, 0.25) is 0 Å². The summed E-state index contributed by atoms with van der Waals surface area (Å²) in [6.07, 6.45) is 0. The molecule has 2 heteroatoms. The molecule has 0 saturated carbocycles. The van der Waals surface area contributed by atoms with Gasteiger partial charge in [0.25, 0.3) is 0 Å². The molecule has 2 nitrogen and oxygen atoms in total. The molecule has 53 valence electrons. The molecular formula is C8H9O2. The van der Waals surface area contributed by atoms with Crippen molar-refractivity contribution >= 4 is 0 Å². The van der Waals surface area contributed by atoms with Gasteiger partial charge in [0.15, 0.2) is 0 Å². The summed E-state index contributed by atoms with van der Waals surface area (Å²) in [6.45, 7) is 3.35. The Labute approximate surface area is 60.1 Å². The molecule has 0 aliphatic rings. The summed E-state index contributed by atoms with van der Waals surface area (Å²) < 4.78 is 5.00. The van der Waals surface area contributed by atoms with Gasteiger partial charge in [-0.15, -0.1) is 0 Å². The average molecular weight is 137 g/mol. The third kappa shape index (κ3) is 1.65. The summed E-state index contributed by atoms with van der Waals surface area (Å²) >= 11 is 0. The van der Waals surface area contributed by atoms with Crippen LogP contribution in [-0.4, -0.2) is 5.11 Å². The van der Waals surface area contributed by atoms with Crippen LogP contribution in [0.1, 0.15) is 6.92 Å². The number of hydrogen-bond donors (Lipinski definition) is 1. The van der Waals surface area contributed by atoms with Gasteiger partial charge < -0.3 is 9.84 Å². The van der Waals surface area contributed by atoms with Crippen LogP contribution in [-0.2, 0) is 0 Å². The lowest BCUT2D eigenvalue weighted by Crippen LogP contribution is -1.83. The van der Waals surface area contributed by atoms with Crippen LogP contribution in [0.5, 0.6) is 11.5 Å². The van der Waals surface area contributed by atoms with Crippen molar-refractivity contribution in [1.82, 2.24) is 0 Å². The molecule has 0 spiro atoms. The quantitative estimate of drug-likeness (QED) is 0.675. The third-order valence-electron chi connectivity index (χ3n) is 1.07.